The Kier molecular flexibility index (Phi) is 7.69. The molecular formula is C24H21IN2O3. The second-order valence-electron chi connectivity index (χ2n) is 6.59. The Labute approximate surface area is 190 Å². The minimum atomic E-state index is 0.228. The molecule has 0 aliphatic rings. The molecule has 152 valence electrons. The fraction of sp³-hybridized carbons (Fsp3) is 0.167. The van der Waals surface area contributed by atoms with Gasteiger partial charge in [-0.15, -0.1) is 0 Å². The standard InChI is InChI=1S/C24H21IN2O3/c1-17-7-9-18(10-8-17)15-29-24-22(25)11-19(12-23(24)28-2)14-27-30-16-21-6-4-3-5-20(21)13-26/h3-12,14H,15-16H2,1-2H3/b27-14-. The highest BCUT2D eigenvalue weighted by atomic mass is 127. The number of methoxy groups -OCH3 is 1. The van der Waals surface area contributed by atoms with E-state index in [0.717, 1.165) is 20.3 Å². The zero-order chi connectivity index (χ0) is 21.3. The number of nitriles is 1. The highest BCUT2D eigenvalue weighted by Crippen LogP contribution is 2.34. The second-order valence-corrected chi connectivity index (χ2v) is 7.75. The number of aryl methyl sites for hydroxylation is 1. The summed E-state index contributed by atoms with van der Waals surface area (Å²) in [4.78, 5) is 5.37. The zero-order valence-corrected chi connectivity index (χ0v) is 18.9. The summed E-state index contributed by atoms with van der Waals surface area (Å²) >= 11 is 2.22. The molecule has 3 rings (SSSR count). The number of oxime groups is 1. The summed E-state index contributed by atoms with van der Waals surface area (Å²) in [7, 11) is 1.61. The van der Waals surface area contributed by atoms with Gasteiger partial charge in [0.1, 0.15) is 13.2 Å². The molecule has 0 heterocycles. The third-order valence-electron chi connectivity index (χ3n) is 4.39. The van der Waals surface area contributed by atoms with E-state index in [1.807, 2.05) is 30.3 Å². The average Bonchev–Trinajstić information content (AvgIpc) is 2.77. The normalized spacial score (nSPS) is 10.6. The van der Waals surface area contributed by atoms with Gasteiger partial charge in [-0.05, 0) is 53.3 Å². The number of hydrogen-bond donors (Lipinski definition) is 0. The van der Waals surface area contributed by atoms with Gasteiger partial charge in [-0.2, -0.15) is 5.26 Å². The summed E-state index contributed by atoms with van der Waals surface area (Å²) < 4.78 is 12.4. The molecule has 0 saturated heterocycles. The lowest BCUT2D eigenvalue weighted by molar-refractivity contribution is 0.132. The molecule has 0 radical (unpaired) electrons. The molecule has 5 nitrogen and oxygen atoms in total. The maximum atomic E-state index is 9.13. The second kappa shape index (κ2) is 10.6. The van der Waals surface area contributed by atoms with Crippen molar-refractivity contribution in [2.75, 3.05) is 7.11 Å². The van der Waals surface area contributed by atoms with Crippen LogP contribution in [0.2, 0.25) is 0 Å². The summed E-state index contributed by atoms with van der Waals surface area (Å²) in [6.07, 6.45) is 1.61. The van der Waals surface area contributed by atoms with Gasteiger partial charge >= 0.3 is 0 Å². The Balaban J connectivity index is 1.66. The first kappa shape index (κ1) is 21.7. The molecule has 3 aromatic carbocycles. The van der Waals surface area contributed by atoms with Gasteiger partial charge in [-0.1, -0.05) is 53.2 Å². The minimum Gasteiger partial charge on any atom is -0.493 e. The molecule has 0 fully saturated rings. The molecule has 0 unspecified atom stereocenters. The molecule has 0 saturated carbocycles. The van der Waals surface area contributed by atoms with E-state index < -0.39 is 0 Å². The van der Waals surface area contributed by atoms with Crippen molar-refractivity contribution in [2.24, 2.45) is 5.16 Å². The quantitative estimate of drug-likeness (QED) is 0.224. The van der Waals surface area contributed by atoms with E-state index >= 15 is 0 Å². The van der Waals surface area contributed by atoms with Gasteiger partial charge in [0.15, 0.2) is 11.5 Å². The van der Waals surface area contributed by atoms with Crippen LogP contribution in [0.25, 0.3) is 0 Å². The zero-order valence-electron chi connectivity index (χ0n) is 16.8. The molecule has 0 bridgehead atoms. The molecule has 0 N–H and O–H groups in total. The van der Waals surface area contributed by atoms with E-state index in [9.17, 15) is 0 Å². The Morgan fingerprint density at radius 1 is 1.07 bits per heavy atom. The molecular weight excluding hydrogens is 491 g/mol. The maximum Gasteiger partial charge on any atom is 0.174 e. The molecule has 0 aromatic heterocycles. The SMILES string of the molecule is COc1cc(/C=N\OCc2ccccc2C#N)cc(I)c1OCc1ccc(C)cc1. The van der Waals surface area contributed by atoms with Gasteiger partial charge in [0.2, 0.25) is 0 Å². The molecule has 0 spiro atoms. The molecule has 0 amide bonds. The van der Waals surface area contributed by atoms with E-state index in [1.54, 1.807) is 19.4 Å². The topological polar surface area (TPSA) is 63.8 Å². The number of rotatable bonds is 8. The van der Waals surface area contributed by atoms with Crippen molar-refractivity contribution in [3.63, 3.8) is 0 Å². The first-order chi connectivity index (χ1) is 14.6. The molecule has 0 aliphatic carbocycles. The number of hydrogen-bond acceptors (Lipinski definition) is 5. The van der Waals surface area contributed by atoms with Crippen molar-refractivity contribution in [2.45, 2.75) is 20.1 Å². The average molecular weight is 512 g/mol. The molecule has 0 aliphatic heterocycles. The minimum absolute atomic E-state index is 0.228. The van der Waals surface area contributed by atoms with E-state index in [4.69, 9.17) is 19.6 Å². The summed E-state index contributed by atoms with van der Waals surface area (Å²) in [5.41, 5.74) is 4.51. The highest BCUT2D eigenvalue weighted by Gasteiger charge is 2.11. The van der Waals surface area contributed by atoms with Gasteiger partial charge in [0.25, 0.3) is 0 Å². The number of benzene rings is 3. The van der Waals surface area contributed by atoms with Crippen molar-refractivity contribution >= 4 is 28.8 Å². The van der Waals surface area contributed by atoms with E-state index in [0.29, 0.717) is 23.7 Å². The van der Waals surface area contributed by atoms with Crippen molar-refractivity contribution in [3.05, 3.63) is 92.1 Å². The van der Waals surface area contributed by atoms with Crippen LogP contribution >= 0.6 is 22.6 Å². The summed E-state index contributed by atoms with van der Waals surface area (Å²) in [5, 5.41) is 13.2. The maximum absolute atomic E-state index is 9.13. The first-order valence-corrected chi connectivity index (χ1v) is 10.4. The van der Waals surface area contributed by atoms with Crippen molar-refractivity contribution in [3.8, 4) is 17.6 Å². The molecule has 6 heteroatoms. The van der Waals surface area contributed by atoms with Gasteiger partial charge in [-0.25, -0.2) is 0 Å². The summed E-state index contributed by atoms with van der Waals surface area (Å²) in [5.74, 6) is 1.32. The predicted molar refractivity (Wildman–Crippen MR) is 125 cm³/mol. The van der Waals surface area contributed by atoms with Crippen LogP contribution < -0.4 is 9.47 Å². The summed E-state index contributed by atoms with van der Waals surface area (Å²) in [6, 6.07) is 21.5. The third-order valence-corrected chi connectivity index (χ3v) is 5.19. The fourth-order valence-corrected chi connectivity index (χ4v) is 3.54. The van der Waals surface area contributed by atoms with Crippen LogP contribution in [-0.2, 0) is 18.1 Å². The van der Waals surface area contributed by atoms with Crippen LogP contribution in [0.3, 0.4) is 0 Å². The lowest BCUT2D eigenvalue weighted by atomic mass is 10.1. The lowest BCUT2D eigenvalue weighted by Gasteiger charge is -2.13. The number of halogens is 1. The van der Waals surface area contributed by atoms with E-state index in [2.05, 4.69) is 65.0 Å². The first-order valence-electron chi connectivity index (χ1n) is 9.30. The van der Waals surface area contributed by atoms with Crippen LogP contribution in [0.4, 0.5) is 0 Å². The smallest absolute Gasteiger partial charge is 0.174 e. The number of nitrogens with zero attached hydrogens (tertiary/aromatic N) is 2. The highest BCUT2D eigenvalue weighted by molar-refractivity contribution is 14.1. The monoisotopic (exact) mass is 512 g/mol. The lowest BCUT2D eigenvalue weighted by Crippen LogP contribution is -2.01. The fourth-order valence-electron chi connectivity index (χ4n) is 2.75. The third kappa shape index (κ3) is 5.74. The van der Waals surface area contributed by atoms with E-state index in [1.165, 1.54) is 5.56 Å². The predicted octanol–water partition coefficient (Wildman–Crippen LogP) is 5.61. The van der Waals surface area contributed by atoms with Gasteiger partial charge < -0.3 is 14.3 Å². The molecule has 0 atom stereocenters. The summed E-state index contributed by atoms with van der Waals surface area (Å²) in [6.45, 7) is 2.75. The van der Waals surface area contributed by atoms with Crippen LogP contribution in [-0.4, -0.2) is 13.3 Å². The molecule has 3 aromatic rings. The van der Waals surface area contributed by atoms with Crippen LogP contribution in [0.5, 0.6) is 11.5 Å². The van der Waals surface area contributed by atoms with Crippen LogP contribution in [0, 0.1) is 21.8 Å². The van der Waals surface area contributed by atoms with Crippen molar-refractivity contribution in [1.82, 2.24) is 0 Å². The Morgan fingerprint density at radius 3 is 2.57 bits per heavy atom. The Bertz CT molecular complexity index is 1070. The van der Waals surface area contributed by atoms with Crippen LogP contribution in [0.1, 0.15) is 27.8 Å². The van der Waals surface area contributed by atoms with Crippen LogP contribution in [0.15, 0.2) is 65.8 Å². The van der Waals surface area contributed by atoms with Gasteiger partial charge in [0, 0.05) is 11.1 Å². The number of ether oxygens (including phenoxy) is 2. The Morgan fingerprint density at radius 2 is 1.83 bits per heavy atom. The van der Waals surface area contributed by atoms with Crippen molar-refractivity contribution in [1.29, 1.82) is 5.26 Å². The largest absolute Gasteiger partial charge is 0.493 e. The van der Waals surface area contributed by atoms with E-state index in [-0.39, 0.29) is 6.61 Å². The van der Waals surface area contributed by atoms with Gasteiger partial charge in [-0.3, -0.25) is 0 Å². The molecule has 30 heavy (non-hydrogen) atoms. The van der Waals surface area contributed by atoms with Crippen molar-refractivity contribution < 1.29 is 14.3 Å². The Hall–Kier alpha value is -3.05. The van der Waals surface area contributed by atoms with Gasteiger partial charge in [0.05, 0.1) is 28.5 Å².